The van der Waals surface area contributed by atoms with E-state index in [1.807, 2.05) is 27.7 Å². The lowest BCUT2D eigenvalue weighted by molar-refractivity contribution is 0.0289. The Labute approximate surface area is 90.4 Å². The van der Waals surface area contributed by atoms with Crippen LogP contribution in [0.4, 0.5) is 4.79 Å². The highest BCUT2D eigenvalue weighted by atomic mass is 32.1. The van der Waals surface area contributed by atoms with Crippen molar-refractivity contribution in [2.45, 2.75) is 33.3 Å². The second kappa shape index (κ2) is 5.14. The molecule has 0 unspecified atom stereocenters. The molecule has 4 nitrogen and oxygen atoms in total. The number of rotatable bonds is 3. The maximum Gasteiger partial charge on any atom is 0.410 e. The fourth-order valence-electron chi connectivity index (χ4n) is 0.820. The van der Waals surface area contributed by atoms with Gasteiger partial charge in [-0.15, -0.1) is 0 Å². The first-order valence-corrected chi connectivity index (χ1v) is 4.93. The Balaban J connectivity index is 4.25. The first-order chi connectivity index (χ1) is 6.26. The van der Waals surface area contributed by atoms with Crippen molar-refractivity contribution in [2.24, 2.45) is 5.73 Å². The van der Waals surface area contributed by atoms with Crippen LogP contribution >= 0.6 is 12.2 Å². The molecule has 0 rings (SSSR count). The Morgan fingerprint density at radius 3 is 2.29 bits per heavy atom. The molecular weight excluding hydrogens is 200 g/mol. The molecule has 0 saturated carbocycles. The van der Waals surface area contributed by atoms with E-state index >= 15 is 0 Å². The number of carbonyl (C=O) groups excluding carboxylic acids is 1. The molecule has 0 saturated heterocycles. The summed E-state index contributed by atoms with van der Waals surface area (Å²) in [5.41, 5.74) is 4.87. The second-order valence-corrected chi connectivity index (χ2v) is 4.49. The van der Waals surface area contributed by atoms with Gasteiger partial charge in [0.25, 0.3) is 0 Å². The first-order valence-electron chi connectivity index (χ1n) is 4.52. The maximum absolute atomic E-state index is 11.5. The van der Waals surface area contributed by atoms with Crippen LogP contribution in [0.1, 0.15) is 27.7 Å². The van der Waals surface area contributed by atoms with E-state index in [0.29, 0.717) is 6.54 Å². The van der Waals surface area contributed by atoms with Gasteiger partial charge >= 0.3 is 6.09 Å². The summed E-state index contributed by atoms with van der Waals surface area (Å²) in [6, 6.07) is 0. The van der Waals surface area contributed by atoms with Gasteiger partial charge in [-0.1, -0.05) is 12.2 Å². The molecule has 0 aromatic heterocycles. The number of nitrogens with two attached hydrogens (primary N) is 1. The molecule has 0 aliphatic carbocycles. The Kier molecular flexibility index (Phi) is 4.83. The van der Waals surface area contributed by atoms with E-state index in [9.17, 15) is 4.79 Å². The minimum Gasteiger partial charge on any atom is -0.444 e. The molecule has 0 radical (unpaired) electrons. The molecular formula is C9H18N2O2S. The van der Waals surface area contributed by atoms with Crippen LogP contribution in [-0.4, -0.2) is 34.7 Å². The van der Waals surface area contributed by atoms with Gasteiger partial charge in [0, 0.05) is 6.54 Å². The third-order valence-corrected chi connectivity index (χ3v) is 1.51. The molecule has 0 aliphatic heterocycles. The van der Waals surface area contributed by atoms with Crippen LogP contribution < -0.4 is 5.73 Å². The van der Waals surface area contributed by atoms with E-state index < -0.39 is 5.60 Å². The standard InChI is InChI=1S/C9H18N2O2S/c1-5-11(6-7(10)14)8(12)13-9(2,3)4/h5-6H2,1-4H3,(H2,10,14). The Morgan fingerprint density at radius 2 is 2.00 bits per heavy atom. The Morgan fingerprint density at radius 1 is 1.50 bits per heavy atom. The average molecular weight is 218 g/mol. The van der Waals surface area contributed by atoms with Gasteiger partial charge in [0.05, 0.1) is 11.5 Å². The summed E-state index contributed by atoms with van der Waals surface area (Å²) in [6.45, 7) is 8.10. The van der Waals surface area contributed by atoms with Crippen LogP contribution in [0, 0.1) is 0 Å². The van der Waals surface area contributed by atoms with Crippen molar-refractivity contribution < 1.29 is 9.53 Å². The Bertz CT molecular complexity index is 223. The van der Waals surface area contributed by atoms with Crippen molar-refractivity contribution in [3.05, 3.63) is 0 Å². The van der Waals surface area contributed by atoms with Gasteiger partial charge in [-0.3, -0.25) is 0 Å². The lowest BCUT2D eigenvalue weighted by Crippen LogP contribution is -2.40. The zero-order valence-electron chi connectivity index (χ0n) is 9.16. The Hall–Kier alpha value is -0.840. The van der Waals surface area contributed by atoms with Gasteiger partial charge in [-0.2, -0.15) is 0 Å². The van der Waals surface area contributed by atoms with Gasteiger partial charge in [0.2, 0.25) is 0 Å². The molecule has 1 amide bonds. The maximum atomic E-state index is 11.5. The molecule has 0 bridgehead atoms. The van der Waals surface area contributed by atoms with Crippen LogP contribution in [0.2, 0.25) is 0 Å². The van der Waals surface area contributed by atoms with Crippen molar-refractivity contribution in [2.75, 3.05) is 13.1 Å². The quantitative estimate of drug-likeness (QED) is 0.730. The summed E-state index contributed by atoms with van der Waals surface area (Å²) in [5.74, 6) is 0. The van der Waals surface area contributed by atoms with Crippen molar-refractivity contribution >= 4 is 23.3 Å². The van der Waals surface area contributed by atoms with Crippen molar-refractivity contribution in [1.82, 2.24) is 4.90 Å². The molecule has 0 aromatic rings. The number of hydrogen-bond acceptors (Lipinski definition) is 3. The highest BCUT2D eigenvalue weighted by molar-refractivity contribution is 7.80. The fraction of sp³-hybridized carbons (Fsp3) is 0.778. The van der Waals surface area contributed by atoms with Crippen molar-refractivity contribution in [3.63, 3.8) is 0 Å². The van der Waals surface area contributed by atoms with Crippen LogP contribution in [0.3, 0.4) is 0 Å². The number of amides is 1. The summed E-state index contributed by atoms with van der Waals surface area (Å²) in [6.07, 6.45) is -0.382. The summed E-state index contributed by atoms with van der Waals surface area (Å²) in [4.78, 5) is 13.3. The summed E-state index contributed by atoms with van der Waals surface area (Å²) < 4.78 is 5.16. The molecule has 2 N–H and O–H groups in total. The lowest BCUT2D eigenvalue weighted by Gasteiger charge is -2.26. The van der Waals surface area contributed by atoms with Gasteiger partial charge in [0.1, 0.15) is 5.60 Å². The molecule has 0 heterocycles. The second-order valence-electron chi connectivity index (χ2n) is 3.96. The molecule has 0 fully saturated rings. The largest absolute Gasteiger partial charge is 0.444 e. The highest BCUT2D eigenvalue weighted by Gasteiger charge is 2.21. The lowest BCUT2D eigenvalue weighted by atomic mass is 10.2. The molecule has 0 aromatic carbocycles. The van der Waals surface area contributed by atoms with E-state index in [4.69, 9.17) is 22.7 Å². The van der Waals surface area contributed by atoms with Gasteiger partial charge < -0.3 is 15.4 Å². The predicted octanol–water partition coefficient (Wildman–Crippen LogP) is 1.53. The third kappa shape index (κ3) is 5.75. The SMILES string of the molecule is CCN(CC(N)=S)C(=O)OC(C)(C)C. The van der Waals surface area contributed by atoms with E-state index in [0.717, 1.165) is 0 Å². The number of ether oxygens (including phenoxy) is 1. The van der Waals surface area contributed by atoms with Crippen LogP contribution in [0.25, 0.3) is 0 Å². The molecule has 82 valence electrons. The average Bonchev–Trinajstić information content (AvgIpc) is 1.96. The van der Waals surface area contributed by atoms with Crippen LogP contribution in [0.15, 0.2) is 0 Å². The normalized spacial score (nSPS) is 10.9. The van der Waals surface area contributed by atoms with E-state index in [1.165, 1.54) is 4.90 Å². The molecule has 0 aliphatic rings. The predicted molar refractivity (Wildman–Crippen MR) is 60.3 cm³/mol. The number of carbonyl (C=O) groups is 1. The number of likely N-dealkylation sites (N-methyl/N-ethyl adjacent to an activating group) is 1. The molecule has 0 spiro atoms. The molecule has 0 atom stereocenters. The van der Waals surface area contributed by atoms with E-state index in [2.05, 4.69) is 0 Å². The first kappa shape index (κ1) is 13.2. The minimum atomic E-state index is -0.485. The minimum absolute atomic E-state index is 0.265. The van der Waals surface area contributed by atoms with Crippen LogP contribution in [0.5, 0.6) is 0 Å². The number of thiocarbonyl (C=S) groups is 1. The smallest absolute Gasteiger partial charge is 0.410 e. The van der Waals surface area contributed by atoms with E-state index in [-0.39, 0.29) is 17.6 Å². The third-order valence-electron chi connectivity index (χ3n) is 1.38. The summed E-state index contributed by atoms with van der Waals surface area (Å²) >= 11 is 4.73. The topological polar surface area (TPSA) is 55.6 Å². The summed E-state index contributed by atoms with van der Waals surface area (Å²) in [5, 5.41) is 0. The van der Waals surface area contributed by atoms with Crippen LogP contribution in [-0.2, 0) is 4.74 Å². The highest BCUT2D eigenvalue weighted by Crippen LogP contribution is 2.09. The van der Waals surface area contributed by atoms with E-state index in [1.54, 1.807) is 0 Å². The van der Waals surface area contributed by atoms with Gasteiger partial charge in [0.15, 0.2) is 0 Å². The van der Waals surface area contributed by atoms with Crippen molar-refractivity contribution in [1.29, 1.82) is 0 Å². The number of hydrogen-bond donors (Lipinski definition) is 1. The van der Waals surface area contributed by atoms with Crippen molar-refractivity contribution in [3.8, 4) is 0 Å². The van der Waals surface area contributed by atoms with Gasteiger partial charge in [-0.25, -0.2) is 4.79 Å². The molecule has 14 heavy (non-hydrogen) atoms. The number of nitrogens with zero attached hydrogens (tertiary/aromatic N) is 1. The summed E-state index contributed by atoms with van der Waals surface area (Å²) in [7, 11) is 0. The zero-order valence-corrected chi connectivity index (χ0v) is 9.98. The fourth-order valence-corrected chi connectivity index (χ4v) is 0.976. The zero-order chi connectivity index (χ0) is 11.4. The molecule has 5 heteroatoms. The van der Waals surface area contributed by atoms with Gasteiger partial charge in [-0.05, 0) is 27.7 Å². The monoisotopic (exact) mass is 218 g/mol.